The molecule has 0 atom stereocenters. The summed E-state index contributed by atoms with van der Waals surface area (Å²) in [7, 11) is 1.46. The number of carbonyl (C=O) groups excluding carboxylic acids is 1. The van der Waals surface area contributed by atoms with Gasteiger partial charge in [-0.1, -0.05) is 18.2 Å². The molecule has 0 aliphatic carbocycles. The minimum Gasteiger partial charge on any atom is -0.508 e. The van der Waals surface area contributed by atoms with Crippen LogP contribution in [-0.2, 0) is 6.54 Å². The van der Waals surface area contributed by atoms with Crippen LogP contribution in [0.2, 0.25) is 0 Å². The molecule has 0 heterocycles. The number of benzene rings is 2. The summed E-state index contributed by atoms with van der Waals surface area (Å²) < 4.78 is 27.1. The lowest BCUT2D eigenvalue weighted by Crippen LogP contribution is -2.28. The molecule has 104 valence electrons. The number of halogens is 2. The number of phenolic OH excluding ortho intramolecular Hbond substituents is 1. The fraction of sp³-hybridized carbons (Fsp3) is 0.133. The van der Waals surface area contributed by atoms with Crippen molar-refractivity contribution in [2.75, 3.05) is 7.05 Å². The van der Waals surface area contributed by atoms with Crippen LogP contribution in [0.1, 0.15) is 15.9 Å². The predicted octanol–water partition coefficient (Wildman–Crippen LogP) is 2.94. The average Bonchev–Trinajstić information content (AvgIpc) is 2.41. The summed E-state index contributed by atoms with van der Waals surface area (Å²) in [6, 6.07) is 9.54. The summed E-state index contributed by atoms with van der Waals surface area (Å²) in [5.74, 6) is -2.38. The van der Waals surface area contributed by atoms with Gasteiger partial charge in [0, 0.05) is 13.6 Å². The van der Waals surface area contributed by atoms with Crippen molar-refractivity contribution < 1.29 is 18.7 Å². The zero-order chi connectivity index (χ0) is 14.7. The van der Waals surface area contributed by atoms with Gasteiger partial charge in [-0.3, -0.25) is 4.79 Å². The van der Waals surface area contributed by atoms with Crippen molar-refractivity contribution in [3.05, 3.63) is 65.2 Å². The third kappa shape index (κ3) is 2.93. The number of aromatic hydroxyl groups is 1. The molecule has 2 aromatic rings. The van der Waals surface area contributed by atoms with Crippen molar-refractivity contribution in [1.82, 2.24) is 4.90 Å². The molecule has 1 N–H and O–H groups in total. The van der Waals surface area contributed by atoms with E-state index in [9.17, 15) is 18.7 Å². The first-order chi connectivity index (χ1) is 9.49. The number of carbonyl (C=O) groups is 1. The second-order valence-corrected chi connectivity index (χ2v) is 4.42. The lowest BCUT2D eigenvalue weighted by atomic mass is 10.1. The van der Waals surface area contributed by atoms with Gasteiger partial charge in [-0.05, 0) is 29.8 Å². The van der Waals surface area contributed by atoms with E-state index in [1.165, 1.54) is 30.1 Å². The summed E-state index contributed by atoms with van der Waals surface area (Å²) in [6.07, 6.45) is 0. The molecule has 0 aromatic heterocycles. The molecule has 3 nitrogen and oxygen atoms in total. The molecule has 0 aliphatic heterocycles. The molecule has 0 aliphatic rings. The van der Waals surface area contributed by atoms with Gasteiger partial charge in [0.25, 0.3) is 5.91 Å². The van der Waals surface area contributed by atoms with Gasteiger partial charge in [-0.25, -0.2) is 8.78 Å². The van der Waals surface area contributed by atoms with Gasteiger partial charge in [-0.2, -0.15) is 0 Å². The molecule has 0 radical (unpaired) electrons. The van der Waals surface area contributed by atoms with Crippen LogP contribution in [0.25, 0.3) is 0 Å². The molecule has 5 heteroatoms. The summed E-state index contributed by atoms with van der Waals surface area (Å²) in [6.45, 7) is 0.187. The van der Waals surface area contributed by atoms with Crippen LogP contribution in [0.15, 0.2) is 42.5 Å². The first kappa shape index (κ1) is 14.0. The highest BCUT2D eigenvalue weighted by Gasteiger charge is 2.20. The molecular weight excluding hydrogens is 264 g/mol. The van der Waals surface area contributed by atoms with Crippen LogP contribution in [0.4, 0.5) is 8.78 Å². The van der Waals surface area contributed by atoms with Crippen molar-refractivity contribution in [2.45, 2.75) is 6.54 Å². The van der Waals surface area contributed by atoms with Crippen molar-refractivity contribution >= 4 is 5.91 Å². The van der Waals surface area contributed by atoms with Gasteiger partial charge in [0.1, 0.15) is 22.9 Å². The molecule has 0 fully saturated rings. The van der Waals surface area contributed by atoms with Gasteiger partial charge < -0.3 is 10.0 Å². The third-order valence-corrected chi connectivity index (χ3v) is 2.88. The van der Waals surface area contributed by atoms with Crippen molar-refractivity contribution in [3.63, 3.8) is 0 Å². The lowest BCUT2D eigenvalue weighted by molar-refractivity contribution is 0.0775. The van der Waals surface area contributed by atoms with E-state index in [-0.39, 0.29) is 12.3 Å². The Morgan fingerprint density at radius 1 is 1.10 bits per heavy atom. The highest BCUT2D eigenvalue weighted by Crippen LogP contribution is 2.16. The Labute approximate surface area is 115 Å². The maximum atomic E-state index is 13.5. The van der Waals surface area contributed by atoms with Gasteiger partial charge in [0.2, 0.25) is 0 Å². The highest BCUT2D eigenvalue weighted by atomic mass is 19.1. The minimum atomic E-state index is -0.882. The Balaban J connectivity index is 2.18. The number of hydrogen-bond acceptors (Lipinski definition) is 2. The van der Waals surface area contributed by atoms with Crippen LogP contribution < -0.4 is 0 Å². The standard InChI is InChI=1S/C15H13F2NO2/c1-18(9-10-5-7-11(19)8-6-10)15(20)14-12(16)3-2-4-13(14)17/h2-8,19H,9H2,1H3. The molecule has 0 saturated heterocycles. The van der Waals surface area contributed by atoms with Crippen molar-refractivity contribution in [2.24, 2.45) is 0 Å². The summed E-state index contributed by atoms with van der Waals surface area (Å²) >= 11 is 0. The van der Waals surface area contributed by atoms with E-state index >= 15 is 0 Å². The third-order valence-electron chi connectivity index (χ3n) is 2.88. The molecule has 1 amide bonds. The Kier molecular flexibility index (Phi) is 3.98. The molecule has 2 aromatic carbocycles. The summed E-state index contributed by atoms with van der Waals surface area (Å²) in [5, 5.41) is 9.17. The average molecular weight is 277 g/mol. The van der Waals surface area contributed by atoms with E-state index in [1.54, 1.807) is 12.1 Å². The monoisotopic (exact) mass is 277 g/mol. The molecule has 0 unspecified atom stereocenters. The number of hydrogen-bond donors (Lipinski definition) is 1. The zero-order valence-corrected chi connectivity index (χ0v) is 10.8. The van der Waals surface area contributed by atoms with Crippen LogP contribution >= 0.6 is 0 Å². The van der Waals surface area contributed by atoms with E-state index in [1.807, 2.05) is 0 Å². The van der Waals surface area contributed by atoms with Gasteiger partial charge in [0.05, 0.1) is 0 Å². The first-order valence-corrected chi connectivity index (χ1v) is 5.96. The van der Waals surface area contributed by atoms with E-state index < -0.39 is 23.1 Å². The number of amides is 1. The van der Waals surface area contributed by atoms with E-state index in [0.29, 0.717) is 0 Å². The van der Waals surface area contributed by atoms with Gasteiger partial charge in [0.15, 0.2) is 0 Å². The normalized spacial score (nSPS) is 10.3. The van der Waals surface area contributed by atoms with Crippen molar-refractivity contribution in [3.8, 4) is 5.75 Å². The lowest BCUT2D eigenvalue weighted by Gasteiger charge is -2.18. The largest absolute Gasteiger partial charge is 0.508 e. The topological polar surface area (TPSA) is 40.5 Å². The molecule has 20 heavy (non-hydrogen) atoms. The summed E-state index contributed by atoms with van der Waals surface area (Å²) in [5.41, 5.74) is 0.184. The molecular formula is C15H13F2NO2. The first-order valence-electron chi connectivity index (χ1n) is 5.96. The van der Waals surface area contributed by atoms with Crippen LogP contribution in [-0.4, -0.2) is 23.0 Å². The van der Waals surface area contributed by atoms with Crippen LogP contribution in [0, 0.1) is 11.6 Å². The zero-order valence-electron chi connectivity index (χ0n) is 10.8. The smallest absolute Gasteiger partial charge is 0.259 e. The van der Waals surface area contributed by atoms with Crippen molar-refractivity contribution in [1.29, 1.82) is 0 Å². The molecule has 2 rings (SSSR count). The maximum Gasteiger partial charge on any atom is 0.259 e. The number of nitrogens with zero attached hydrogens (tertiary/aromatic N) is 1. The fourth-order valence-electron chi connectivity index (χ4n) is 1.84. The molecule has 0 spiro atoms. The Hall–Kier alpha value is -2.43. The van der Waals surface area contributed by atoms with E-state index in [0.717, 1.165) is 17.7 Å². The molecule has 0 saturated carbocycles. The fourth-order valence-corrected chi connectivity index (χ4v) is 1.84. The second kappa shape index (κ2) is 5.69. The van der Waals surface area contributed by atoms with E-state index in [4.69, 9.17) is 0 Å². The SMILES string of the molecule is CN(Cc1ccc(O)cc1)C(=O)c1c(F)cccc1F. The minimum absolute atomic E-state index is 0.114. The predicted molar refractivity (Wildman–Crippen MR) is 70.3 cm³/mol. The molecule has 0 bridgehead atoms. The van der Waals surface area contributed by atoms with E-state index in [2.05, 4.69) is 0 Å². The van der Waals surface area contributed by atoms with Gasteiger partial charge in [-0.15, -0.1) is 0 Å². The van der Waals surface area contributed by atoms with Crippen LogP contribution in [0.3, 0.4) is 0 Å². The maximum absolute atomic E-state index is 13.5. The second-order valence-electron chi connectivity index (χ2n) is 4.42. The Morgan fingerprint density at radius 2 is 1.65 bits per heavy atom. The summed E-state index contributed by atoms with van der Waals surface area (Å²) in [4.78, 5) is 13.3. The quantitative estimate of drug-likeness (QED) is 0.937. The highest BCUT2D eigenvalue weighted by molar-refractivity contribution is 5.94. The number of phenols is 1. The Morgan fingerprint density at radius 3 is 2.20 bits per heavy atom. The van der Waals surface area contributed by atoms with Gasteiger partial charge >= 0.3 is 0 Å². The van der Waals surface area contributed by atoms with Crippen LogP contribution in [0.5, 0.6) is 5.75 Å². The Bertz CT molecular complexity index is 606. The number of rotatable bonds is 3.